The highest BCUT2D eigenvalue weighted by molar-refractivity contribution is 5.80. The second kappa shape index (κ2) is 5.77. The molecule has 0 heterocycles. The average molecular weight is 278 g/mol. The smallest absolute Gasteiger partial charge is 0.279 e. The molecule has 2 rings (SSSR count). The van der Waals surface area contributed by atoms with Crippen LogP contribution in [0.2, 0.25) is 0 Å². The molecule has 1 N–H and O–H groups in total. The lowest BCUT2D eigenvalue weighted by molar-refractivity contribution is -0.137. The highest BCUT2D eigenvalue weighted by atomic mass is 19.4. The molecule has 0 saturated carbocycles. The lowest BCUT2D eigenvalue weighted by Gasteiger charge is -2.05. The molecule has 5 heteroatoms. The van der Waals surface area contributed by atoms with E-state index in [4.69, 9.17) is 0 Å². The average Bonchev–Trinajstić information content (AvgIpc) is 2.41. The summed E-state index contributed by atoms with van der Waals surface area (Å²) in [5.74, 6) is 0. The van der Waals surface area contributed by atoms with Crippen molar-refractivity contribution >= 4 is 11.9 Å². The molecule has 2 aromatic rings. The van der Waals surface area contributed by atoms with Crippen molar-refractivity contribution in [3.63, 3.8) is 0 Å². The molecule has 2 aromatic carbocycles. The Balaban J connectivity index is 1.99. The van der Waals surface area contributed by atoms with Gasteiger partial charge in [0.25, 0.3) is 0 Å². The minimum absolute atomic E-state index is 0.595. The number of anilines is 1. The van der Waals surface area contributed by atoms with Gasteiger partial charge < -0.3 is 0 Å². The molecule has 0 aromatic heterocycles. The van der Waals surface area contributed by atoms with Crippen molar-refractivity contribution < 1.29 is 13.2 Å². The van der Waals surface area contributed by atoms with Crippen LogP contribution in [-0.2, 0) is 6.18 Å². The Hall–Kier alpha value is -2.30. The number of nitrogens with one attached hydrogen (secondary N) is 1. The fourth-order valence-electron chi connectivity index (χ4n) is 1.57. The number of benzene rings is 2. The second-order valence-electron chi connectivity index (χ2n) is 4.36. The van der Waals surface area contributed by atoms with Gasteiger partial charge in [-0.25, -0.2) is 0 Å². The number of hydrogen-bond acceptors (Lipinski definition) is 2. The number of aryl methyl sites for hydroxylation is 1. The maximum Gasteiger partial charge on any atom is 0.416 e. The van der Waals surface area contributed by atoms with Gasteiger partial charge in [0, 0.05) is 0 Å². The highest BCUT2D eigenvalue weighted by Crippen LogP contribution is 2.28. The van der Waals surface area contributed by atoms with Crippen LogP contribution in [0.15, 0.2) is 53.6 Å². The Morgan fingerprint density at radius 2 is 1.55 bits per heavy atom. The van der Waals surface area contributed by atoms with Crippen LogP contribution in [-0.4, -0.2) is 6.21 Å². The standard InChI is InChI=1S/C15H13F3N2/c1-11-2-8-14(9-3-11)20-19-10-12-4-6-13(7-5-12)15(16,17)18/h2-10,20H,1H3/b19-10+. The minimum atomic E-state index is -4.31. The van der Waals surface area contributed by atoms with Crippen LogP contribution in [0.25, 0.3) is 0 Å². The van der Waals surface area contributed by atoms with Crippen LogP contribution in [0.4, 0.5) is 18.9 Å². The third kappa shape index (κ3) is 3.85. The molecule has 0 spiro atoms. The summed E-state index contributed by atoms with van der Waals surface area (Å²) in [4.78, 5) is 0. The van der Waals surface area contributed by atoms with Crippen molar-refractivity contribution in [2.24, 2.45) is 5.10 Å². The number of alkyl halides is 3. The van der Waals surface area contributed by atoms with Gasteiger partial charge in [0.2, 0.25) is 0 Å². The quantitative estimate of drug-likeness (QED) is 0.650. The summed E-state index contributed by atoms with van der Waals surface area (Å²) in [5, 5.41) is 3.98. The van der Waals surface area contributed by atoms with Gasteiger partial charge >= 0.3 is 6.18 Å². The molecule has 0 saturated heterocycles. The van der Waals surface area contributed by atoms with Crippen LogP contribution in [0.5, 0.6) is 0 Å². The van der Waals surface area contributed by atoms with E-state index in [2.05, 4.69) is 10.5 Å². The van der Waals surface area contributed by atoms with Gasteiger partial charge in [0.15, 0.2) is 0 Å². The zero-order valence-electron chi connectivity index (χ0n) is 10.8. The lowest BCUT2D eigenvalue weighted by Crippen LogP contribution is -2.04. The molecule has 0 aliphatic heterocycles. The molecular weight excluding hydrogens is 265 g/mol. The molecule has 0 aliphatic rings. The maximum atomic E-state index is 12.4. The first-order valence-corrected chi connectivity index (χ1v) is 5.98. The van der Waals surface area contributed by atoms with Gasteiger partial charge in [0.1, 0.15) is 0 Å². The van der Waals surface area contributed by atoms with Crippen LogP contribution < -0.4 is 5.43 Å². The van der Waals surface area contributed by atoms with Crippen LogP contribution in [0.1, 0.15) is 16.7 Å². The normalized spacial score (nSPS) is 11.8. The summed E-state index contributed by atoms with van der Waals surface area (Å²) < 4.78 is 37.1. The molecule has 0 bridgehead atoms. The van der Waals surface area contributed by atoms with E-state index in [9.17, 15) is 13.2 Å². The molecule has 0 fully saturated rings. The Bertz CT molecular complexity index is 584. The lowest BCUT2D eigenvalue weighted by atomic mass is 10.1. The predicted molar refractivity (Wildman–Crippen MR) is 73.8 cm³/mol. The van der Waals surface area contributed by atoms with E-state index in [0.29, 0.717) is 5.56 Å². The number of hydrogen-bond donors (Lipinski definition) is 1. The molecule has 20 heavy (non-hydrogen) atoms. The molecule has 104 valence electrons. The number of rotatable bonds is 3. The molecule has 2 nitrogen and oxygen atoms in total. The topological polar surface area (TPSA) is 24.4 Å². The predicted octanol–water partition coefficient (Wildman–Crippen LogP) is 4.46. The first-order chi connectivity index (χ1) is 9.45. The second-order valence-corrected chi connectivity index (χ2v) is 4.36. The summed E-state index contributed by atoms with van der Waals surface area (Å²) in [7, 11) is 0. The van der Waals surface area contributed by atoms with Gasteiger partial charge in [-0.05, 0) is 36.8 Å². The highest BCUT2D eigenvalue weighted by Gasteiger charge is 2.29. The summed E-state index contributed by atoms with van der Waals surface area (Å²) in [5.41, 5.74) is 4.70. The minimum Gasteiger partial charge on any atom is -0.279 e. The maximum absolute atomic E-state index is 12.4. The Labute approximate surface area is 114 Å². The van der Waals surface area contributed by atoms with Gasteiger partial charge in [0.05, 0.1) is 17.5 Å². The fourth-order valence-corrected chi connectivity index (χ4v) is 1.57. The van der Waals surface area contributed by atoms with E-state index >= 15 is 0 Å². The fraction of sp³-hybridized carbons (Fsp3) is 0.133. The number of nitrogens with zero attached hydrogens (tertiary/aromatic N) is 1. The van der Waals surface area contributed by atoms with Crippen molar-refractivity contribution in [2.75, 3.05) is 5.43 Å². The van der Waals surface area contributed by atoms with Crippen molar-refractivity contribution in [2.45, 2.75) is 13.1 Å². The van der Waals surface area contributed by atoms with Crippen LogP contribution in [0, 0.1) is 6.92 Å². The van der Waals surface area contributed by atoms with E-state index in [1.54, 1.807) is 0 Å². The molecule has 0 unspecified atom stereocenters. The SMILES string of the molecule is Cc1ccc(N/N=C/c2ccc(C(F)(F)F)cc2)cc1. The van der Waals surface area contributed by atoms with Crippen molar-refractivity contribution in [3.05, 3.63) is 65.2 Å². The summed E-state index contributed by atoms with van der Waals surface area (Å²) >= 11 is 0. The monoisotopic (exact) mass is 278 g/mol. The van der Waals surface area contributed by atoms with Gasteiger partial charge in [-0.3, -0.25) is 5.43 Å². The number of hydrazone groups is 1. The summed E-state index contributed by atoms with van der Waals surface area (Å²) in [6.07, 6.45) is -2.84. The van der Waals surface area contributed by atoms with Gasteiger partial charge in [-0.15, -0.1) is 0 Å². The molecule has 0 amide bonds. The Morgan fingerprint density at radius 3 is 2.10 bits per heavy atom. The van der Waals surface area contributed by atoms with Crippen LogP contribution in [0.3, 0.4) is 0 Å². The van der Waals surface area contributed by atoms with E-state index in [1.165, 1.54) is 18.3 Å². The van der Waals surface area contributed by atoms with Gasteiger partial charge in [-0.1, -0.05) is 29.8 Å². The molecule has 0 radical (unpaired) electrons. The van der Waals surface area contributed by atoms with Crippen molar-refractivity contribution in [1.82, 2.24) is 0 Å². The molecular formula is C15H13F3N2. The van der Waals surface area contributed by atoms with Gasteiger partial charge in [-0.2, -0.15) is 18.3 Å². The zero-order valence-corrected chi connectivity index (χ0v) is 10.8. The largest absolute Gasteiger partial charge is 0.416 e. The first kappa shape index (κ1) is 14.1. The van der Waals surface area contributed by atoms with Crippen LogP contribution >= 0.6 is 0 Å². The van der Waals surface area contributed by atoms with Crippen molar-refractivity contribution in [1.29, 1.82) is 0 Å². The number of halogens is 3. The molecule has 0 atom stereocenters. The van der Waals surface area contributed by atoms with E-state index < -0.39 is 11.7 Å². The van der Waals surface area contributed by atoms with E-state index in [0.717, 1.165) is 23.4 Å². The molecule has 0 aliphatic carbocycles. The zero-order chi connectivity index (χ0) is 14.6. The van der Waals surface area contributed by atoms with E-state index in [1.807, 2.05) is 31.2 Å². The summed E-state index contributed by atoms with van der Waals surface area (Å²) in [6.45, 7) is 1.98. The first-order valence-electron chi connectivity index (χ1n) is 5.98. The Kier molecular flexibility index (Phi) is 4.08. The Morgan fingerprint density at radius 1 is 0.950 bits per heavy atom. The van der Waals surface area contributed by atoms with Crippen molar-refractivity contribution in [3.8, 4) is 0 Å². The van der Waals surface area contributed by atoms with E-state index in [-0.39, 0.29) is 0 Å². The third-order valence-corrected chi connectivity index (χ3v) is 2.70. The summed E-state index contributed by atoms with van der Waals surface area (Å²) in [6, 6.07) is 12.5. The third-order valence-electron chi connectivity index (χ3n) is 2.70.